The van der Waals surface area contributed by atoms with Gasteiger partial charge in [0.15, 0.2) is 5.78 Å². The van der Waals surface area contributed by atoms with Crippen molar-refractivity contribution in [3.63, 3.8) is 0 Å². The van der Waals surface area contributed by atoms with E-state index in [0.29, 0.717) is 63.1 Å². The van der Waals surface area contributed by atoms with Crippen molar-refractivity contribution in [3.8, 4) is 0 Å². The van der Waals surface area contributed by atoms with Crippen molar-refractivity contribution in [1.82, 2.24) is 20.4 Å². The molecule has 81 heavy (non-hydrogen) atoms. The van der Waals surface area contributed by atoms with E-state index in [1.807, 2.05) is 111 Å². The summed E-state index contributed by atoms with van der Waals surface area (Å²) in [6.45, 7) is 36.9. The Morgan fingerprint density at radius 2 is 0.975 bits per heavy atom. The standard InChI is InChI=1S/C19H32N2O6.C14H27NO2.C13H21NO3.C9H17O.C7H10O2.Na/c1-13(2)15-11-18(24)21(19(15)25)7-5-17(23)20-6-8-26-9-10-27-12-16(22)14(3)4;1-11(2)10-14(17)15-9-7-5-6-8-13(16)12(3)4;1-8(2)10-7-12(16)14(13(10)17)6-5-11(15)9(3)4;1-4-5-6-7-9(10)8(2)3;1-6(2)7(5-9)3-4-8;/h13-15H,5-12H2,1-4H3,(H,20,23);11-12H,5-10H2,1-4H3,(H,15,17);8-10H,5-7H2,1-4H3;8H,1,4-7H2,2-3H3;6-7H,3H2,1-2H3;/q;;;-1;-2;+1. The van der Waals surface area contributed by atoms with Crippen LogP contribution in [0.3, 0.4) is 0 Å². The van der Waals surface area contributed by atoms with Crippen LogP contribution in [0.5, 0.6) is 0 Å². The Morgan fingerprint density at radius 1 is 0.543 bits per heavy atom. The number of nitrogens with zero attached hydrogens (tertiary/aromatic N) is 2. The zero-order valence-corrected chi connectivity index (χ0v) is 55.2. The molecule has 0 aromatic rings. The number of likely N-dealkylation sites (tertiary alicyclic amines) is 2. The van der Waals surface area contributed by atoms with E-state index in [1.54, 1.807) is 12.6 Å². The number of Topliss-reactive ketones (excluding diaryl/α,β-unsaturated/α-hetero) is 4. The van der Waals surface area contributed by atoms with Gasteiger partial charge >= 0.3 is 29.6 Å². The van der Waals surface area contributed by atoms with E-state index in [4.69, 9.17) is 9.47 Å². The molecule has 3 unspecified atom stereocenters. The maximum Gasteiger partial charge on any atom is 1.00 e. The molecule has 0 spiro atoms. The van der Waals surface area contributed by atoms with Crippen molar-refractivity contribution in [2.75, 3.05) is 52.6 Å². The Morgan fingerprint density at radius 3 is 1.36 bits per heavy atom. The van der Waals surface area contributed by atoms with Gasteiger partial charge in [-0.3, -0.25) is 70.3 Å². The van der Waals surface area contributed by atoms with Crippen molar-refractivity contribution in [2.45, 2.75) is 201 Å². The number of carbonyl (C=O) groups excluding carboxylic acids is 12. The first kappa shape index (κ1) is 83.6. The molecule has 462 valence electrons. The SMILES string of the molecule is CC(C)C(=O)CCN1C(=O)CC(C(C)C)C1=O.CC(C)C(=O)COCCOCCNC(=O)CCN1C(=O)CC(C(C)C)C1=O.CC(C)C([C-]=O)C[C-]=O.CC(C)CC(=O)NCCCCCC(=O)C(C)C.[CH2-]CCCCC(=O)C(C)C.[Na+]. The Balaban J connectivity index is -0.000000483. The van der Waals surface area contributed by atoms with E-state index < -0.39 is 0 Å². The molecule has 2 aliphatic rings. The molecule has 2 fully saturated rings. The zero-order chi connectivity index (χ0) is 62.1. The summed E-state index contributed by atoms with van der Waals surface area (Å²) in [4.78, 5) is 138. The first-order valence-electron chi connectivity index (χ1n) is 29.4. The quantitative estimate of drug-likeness (QED) is 0.0324. The average molecular weight is 1160 g/mol. The van der Waals surface area contributed by atoms with Gasteiger partial charge in [0.05, 0.1) is 19.8 Å². The molecule has 0 aliphatic carbocycles. The number of unbranched alkanes of at least 4 members (excludes halogenated alkanes) is 4. The monoisotopic (exact) mass is 1150 g/mol. The fourth-order valence-corrected chi connectivity index (χ4v) is 7.39. The van der Waals surface area contributed by atoms with Crippen LogP contribution in [-0.4, -0.2) is 134 Å². The zero-order valence-electron chi connectivity index (χ0n) is 53.2. The molecule has 0 saturated carbocycles. The maximum atomic E-state index is 12.2. The van der Waals surface area contributed by atoms with Gasteiger partial charge in [0.1, 0.15) is 24.0 Å². The number of imide groups is 2. The van der Waals surface area contributed by atoms with Crippen molar-refractivity contribution >= 4 is 71.1 Å². The maximum absolute atomic E-state index is 12.2. The summed E-state index contributed by atoms with van der Waals surface area (Å²) in [7, 11) is 0. The minimum absolute atomic E-state index is 0. The largest absolute Gasteiger partial charge is 1.00 e. The van der Waals surface area contributed by atoms with Crippen LogP contribution in [0, 0.1) is 72.0 Å². The molecule has 19 heteroatoms. The van der Waals surface area contributed by atoms with Crippen molar-refractivity contribution in [2.24, 2.45) is 65.1 Å². The van der Waals surface area contributed by atoms with Gasteiger partial charge in [0, 0.05) is 107 Å². The number of ketones is 4. The fourth-order valence-electron chi connectivity index (χ4n) is 7.39. The van der Waals surface area contributed by atoms with E-state index in [0.717, 1.165) is 51.5 Å². The van der Waals surface area contributed by atoms with E-state index in [-0.39, 0.29) is 181 Å². The summed E-state index contributed by atoms with van der Waals surface area (Å²) in [6, 6.07) is 0. The molecule has 0 aromatic heterocycles. The van der Waals surface area contributed by atoms with Crippen LogP contribution >= 0.6 is 0 Å². The van der Waals surface area contributed by atoms with Gasteiger partial charge in [-0.15, -0.1) is 0 Å². The molecule has 0 bridgehead atoms. The first-order chi connectivity index (χ1) is 37.4. The van der Waals surface area contributed by atoms with E-state index in [2.05, 4.69) is 17.6 Å². The molecular formula is C62H107N4NaO14-2. The molecule has 18 nitrogen and oxygen atoms in total. The summed E-state index contributed by atoms with van der Waals surface area (Å²) >= 11 is 0. The van der Waals surface area contributed by atoms with Gasteiger partial charge < -0.3 is 36.6 Å². The van der Waals surface area contributed by atoms with Gasteiger partial charge in [-0.05, 0) is 37.0 Å². The third-order valence-corrected chi connectivity index (χ3v) is 13.3. The number of carbonyl (C=O) groups is 10. The Bertz CT molecular complexity index is 1870. The fraction of sp³-hybridized carbons (Fsp3) is 0.790. The van der Waals surface area contributed by atoms with Crippen LogP contribution in [0.1, 0.15) is 201 Å². The Kier molecular flexibility index (Phi) is 51.2. The smallest absolute Gasteiger partial charge is 0.542 e. The van der Waals surface area contributed by atoms with E-state index in [1.165, 1.54) is 9.80 Å². The van der Waals surface area contributed by atoms with Crippen LogP contribution in [0.15, 0.2) is 0 Å². The third kappa shape index (κ3) is 41.8. The first-order valence-corrected chi connectivity index (χ1v) is 29.4. The molecule has 6 amide bonds. The number of rotatable bonds is 36. The second-order valence-corrected chi connectivity index (χ2v) is 23.3. The van der Waals surface area contributed by atoms with Crippen molar-refractivity contribution in [1.29, 1.82) is 0 Å². The number of ether oxygens (including phenoxy) is 2. The number of amides is 6. The predicted molar refractivity (Wildman–Crippen MR) is 312 cm³/mol. The van der Waals surface area contributed by atoms with Crippen LogP contribution in [-0.2, 0) is 67.0 Å². The van der Waals surface area contributed by atoms with Crippen LogP contribution < -0.4 is 40.2 Å². The number of hydrogen-bond donors (Lipinski definition) is 2. The molecule has 2 rings (SSSR count). The minimum atomic E-state index is -0.271. The van der Waals surface area contributed by atoms with Gasteiger partial charge in [-0.25, -0.2) is 0 Å². The van der Waals surface area contributed by atoms with Gasteiger partial charge in [0.2, 0.25) is 35.4 Å². The Labute approximate surface area is 510 Å². The summed E-state index contributed by atoms with van der Waals surface area (Å²) in [5, 5.41) is 5.59. The molecule has 2 aliphatic heterocycles. The molecule has 0 aromatic carbocycles. The summed E-state index contributed by atoms with van der Waals surface area (Å²) in [5.74, 6) is 0.621. The third-order valence-electron chi connectivity index (χ3n) is 13.3. The topological polar surface area (TPSA) is 254 Å². The number of nitrogens with one attached hydrogen (secondary N) is 2. The van der Waals surface area contributed by atoms with Crippen LogP contribution in [0.25, 0.3) is 0 Å². The second-order valence-electron chi connectivity index (χ2n) is 23.3. The minimum Gasteiger partial charge on any atom is -0.542 e. The second kappa shape index (κ2) is 49.6. The van der Waals surface area contributed by atoms with Gasteiger partial charge in [0.25, 0.3) is 0 Å². The van der Waals surface area contributed by atoms with Gasteiger partial charge in [-0.2, -0.15) is 18.8 Å². The van der Waals surface area contributed by atoms with E-state index >= 15 is 0 Å². The molecule has 0 radical (unpaired) electrons. The molecule has 2 heterocycles. The predicted octanol–water partition coefficient (Wildman–Crippen LogP) is 5.83. The van der Waals surface area contributed by atoms with Crippen LogP contribution in [0.4, 0.5) is 0 Å². The normalized spacial score (nSPS) is 15.2. The molecular weight excluding hydrogens is 1050 g/mol. The van der Waals surface area contributed by atoms with E-state index in [9.17, 15) is 57.5 Å². The summed E-state index contributed by atoms with van der Waals surface area (Å²) in [5.41, 5.74) is 0. The summed E-state index contributed by atoms with van der Waals surface area (Å²) < 4.78 is 10.5. The molecule has 3 atom stereocenters. The van der Waals surface area contributed by atoms with Crippen molar-refractivity contribution in [3.05, 3.63) is 6.92 Å². The van der Waals surface area contributed by atoms with Crippen molar-refractivity contribution < 1.29 is 96.6 Å². The average Bonchev–Trinajstić information content (AvgIpc) is 3.84. The molecule has 2 saturated heterocycles. The number of hydrogen-bond acceptors (Lipinski definition) is 14. The van der Waals surface area contributed by atoms with Gasteiger partial charge in [-0.1, -0.05) is 130 Å². The Hall–Kier alpha value is -3.84. The molecule has 2 N–H and O–H groups in total. The summed E-state index contributed by atoms with van der Waals surface area (Å²) in [6.07, 6.45) is 12.5. The van der Waals surface area contributed by atoms with Crippen LogP contribution in [0.2, 0.25) is 0 Å².